The zero-order chi connectivity index (χ0) is 15.5. The van der Waals surface area contributed by atoms with Crippen LogP contribution in [-0.4, -0.2) is 13.4 Å². The van der Waals surface area contributed by atoms with Crippen LogP contribution in [0.1, 0.15) is 16.7 Å². The smallest absolute Gasteiger partial charge is 0.240 e. The first-order valence-electron chi connectivity index (χ1n) is 6.31. The second kappa shape index (κ2) is 6.30. The lowest BCUT2D eigenvalue weighted by Crippen LogP contribution is -2.24. The number of aryl methyl sites for hydroxylation is 1. The van der Waals surface area contributed by atoms with Gasteiger partial charge in [-0.15, -0.1) is 0 Å². The molecule has 0 atom stereocenters. The molecular weight excluding hydrogens is 293 g/mol. The standard InChI is InChI=1S/C14H16FN3O2S/c1-10-8-17-5-4-11(10)9-18-21(19,20)13-2-3-14(15)12(6-13)7-16/h2-6,8,18H,7,9,16H2,1H3. The van der Waals surface area contributed by atoms with Gasteiger partial charge in [0.15, 0.2) is 0 Å². The minimum atomic E-state index is -3.72. The van der Waals surface area contributed by atoms with E-state index in [1.807, 2.05) is 6.92 Å². The van der Waals surface area contributed by atoms with Gasteiger partial charge in [-0.3, -0.25) is 4.98 Å². The van der Waals surface area contributed by atoms with Gasteiger partial charge >= 0.3 is 0 Å². The van der Waals surface area contributed by atoms with Crippen LogP contribution in [-0.2, 0) is 23.1 Å². The first kappa shape index (κ1) is 15.6. The predicted molar refractivity (Wildman–Crippen MR) is 77.3 cm³/mol. The third kappa shape index (κ3) is 3.63. The van der Waals surface area contributed by atoms with Crippen molar-refractivity contribution in [2.75, 3.05) is 0 Å². The van der Waals surface area contributed by atoms with Crippen molar-refractivity contribution in [1.82, 2.24) is 9.71 Å². The predicted octanol–water partition coefficient (Wildman–Crippen LogP) is 1.47. The molecule has 0 spiro atoms. The summed E-state index contributed by atoms with van der Waals surface area (Å²) in [5, 5.41) is 0. The number of rotatable bonds is 5. The molecule has 0 radical (unpaired) electrons. The van der Waals surface area contributed by atoms with Gasteiger partial charge in [-0.05, 0) is 42.3 Å². The van der Waals surface area contributed by atoms with E-state index in [-0.39, 0.29) is 23.5 Å². The van der Waals surface area contributed by atoms with Crippen LogP contribution in [0, 0.1) is 12.7 Å². The van der Waals surface area contributed by atoms with E-state index in [2.05, 4.69) is 9.71 Å². The molecule has 0 saturated carbocycles. The number of nitrogens with zero attached hydrogens (tertiary/aromatic N) is 1. The maximum absolute atomic E-state index is 13.4. The summed E-state index contributed by atoms with van der Waals surface area (Å²) < 4.78 is 40.3. The van der Waals surface area contributed by atoms with Gasteiger partial charge in [-0.2, -0.15) is 0 Å². The van der Waals surface area contributed by atoms with E-state index >= 15 is 0 Å². The van der Waals surface area contributed by atoms with Crippen LogP contribution in [0.15, 0.2) is 41.6 Å². The first-order chi connectivity index (χ1) is 9.94. The monoisotopic (exact) mass is 309 g/mol. The Hall–Kier alpha value is -1.83. The molecule has 7 heteroatoms. The maximum Gasteiger partial charge on any atom is 0.240 e. The summed E-state index contributed by atoms with van der Waals surface area (Å²) in [5.41, 5.74) is 7.27. The summed E-state index contributed by atoms with van der Waals surface area (Å²) in [7, 11) is -3.72. The van der Waals surface area contributed by atoms with E-state index < -0.39 is 15.8 Å². The average Bonchev–Trinajstić information content (AvgIpc) is 2.46. The molecule has 112 valence electrons. The highest BCUT2D eigenvalue weighted by molar-refractivity contribution is 7.89. The largest absolute Gasteiger partial charge is 0.326 e. The summed E-state index contributed by atoms with van der Waals surface area (Å²) in [5.74, 6) is -0.513. The number of aromatic nitrogens is 1. The number of nitrogens with one attached hydrogen (secondary N) is 1. The molecule has 0 fully saturated rings. The van der Waals surface area contributed by atoms with Gasteiger partial charge in [0, 0.05) is 31.0 Å². The fourth-order valence-corrected chi connectivity index (χ4v) is 2.89. The highest BCUT2D eigenvalue weighted by Crippen LogP contribution is 2.15. The van der Waals surface area contributed by atoms with Crippen molar-refractivity contribution in [3.05, 3.63) is 59.2 Å². The summed E-state index contributed by atoms with van der Waals surface area (Å²) >= 11 is 0. The molecular formula is C14H16FN3O2S. The Morgan fingerprint density at radius 2 is 2.05 bits per heavy atom. The van der Waals surface area contributed by atoms with Crippen LogP contribution in [0.25, 0.3) is 0 Å². The molecule has 0 saturated heterocycles. The second-order valence-electron chi connectivity index (χ2n) is 4.58. The van der Waals surface area contributed by atoms with Crippen molar-refractivity contribution in [1.29, 1.82) is 0 Å². The number of pyridine rings is 1. The molecule has 1 aromatic carbocycles. The molecule has 1 aromatic heterocycles. The van der Waals surface area contributed by atoms with Crippen molar-refractivity contribution in [2.45, 2.75) is 24.9 Å². The van der Waals surface area contributed by atoms with Gasteiger partial charge in [-0.1, -0.05) is 0 Å². The number of hydrogen-bond acceptors (Lipinski definition) is 4. The molecule has 1 heterocycles. The Bertz CT molecular complexity index is 748. The van der Waals surface area contributed by atoms with E-state index in [0.717, 1.165) is 17.2 Å². The fourth-order valence-electron chi connectivity index (χ4n) is 1.83. The normalized spacial score (nSPS) is 11.6. The Balaban J connectivity index is 2.21. The lowest BCUT2D eigenvalue weighted by Gasteiger charge is -2.10. The Morgan fingerprint density at radius 3 is 2.71 bits per heavy atom. The Kier molecular flexibility index (Phi) is 4.66. The zero-order valence-corrected chi connectivity index (χ0v) is 12.3. The number of hydrogen-bond donors (Lipinski definition) is 2. The zero-order valence-electron chi connectivity index (χ0n) is 11.5. The van der Waals surface area contributed by atoms with Crippen LogP contribution >= 0.6 is 0 Å². The topological polar surface area (TPSA) is 85.1 Å². The minimum Gasteiger partial charge on any atom is -0.326 e. The summed E-state index contributed by atoms with van der Waals surface area (Å²) in [6.45, 7) is 1.94. The SMILES string of the molecule is Cc1cnccc1CNS(=O)(=O)c1ccc(F)c(CN)c1. The van der Waals surface area contributed by atoms with Crippen molar-refractivity contribution >= 4 is 10.0 Å². The van der Waals surface area contributed by atoms with Crippen LogP contribution < -0.4 is 10.5 Å². The molecule has 0 unspecified atom stereocenters. The Labute approximate surface area is 123 Å². The Morgan fingerprint density at radius 1 is 1.29 bits per heavy atom. The molecule has 0 bridgehead atoms. The molecule has 2 aromatic rings. The molecule has 5 nitrogen and oxygen atoms in total. The second-order valence-corrected chi connectivity index (χ2v) is 6.35. The van der Waals surface area contributed by atoms with E-state index in [4.69, 9.17) is 5.73 Å². The minimum absolute atomic E-state index is 0.00365. The maximum atomic E-state index is 13.4. The average molecular weight is 309 g/mol. The van der Waals surface area contributed by atoms with E-state index in [0.29, 0.717) is 0 Å². The number of benzene rings is 1. The summed E-state index contributed by atoms with van der Waals surface area (Å²) in [4.78, 5) is 3.94. The van der Waals surface area contributed by atoms with E-state index in [1.165, 1.54) is 12.1 Å². The number of halogens is 1. The highest BCUT2D eigenvalue weighted by atomic mass is 32.2. The summed E-state index contributed by atoms with van der Waals surface area (Å²) in [6.07, 6.45) is 3.26. The third-order valence-electron chi connectivity index (χ3n) is 3.14. The fraction of sp³-hybridized carbons (Fsp3) is 0.214. The third-order valence-corrected chi connectivity index (χ3v) is 4.54. The first-order valence-corrected chi connectivity index (χ1v) is 7.80. The van der Waals surface area contributed by atoms with Gasteiger partial charge in [-0.25, -0.2) is 17.5 Å². The van der Waals surface area contributed by atoms with Crippen molar-refractivity contribution in [3.63, 3.8) is 0 Å². The quantitative estimate of drug-likeness (QED) is 0.876. The number of sulfonamides is 1. The van der Waals surface area contributed by atoms with Gasteiger partial charge in [0.05, 0.1) is 4.90 Å². The van der Waals surface area contributed by atoms with Gasteiger partial charge in [0.25, 0.3) is 0 Å². The van der Waals surface area contributed by atoms with Crippen molar-refractivity contribution in [2.24, 2.45) is 5.73 Å². The molecule has 0 aliphatic rings. The molecule has 0 aliphatic heterocycles. The molecule has 0 aliphatic carbocycles. The highest BCUT2D eigenvalue weighted by Gasteiger charge is 2.16. The van der Waals surface area contributed by atoms with Crippen LogP contribution in [0.3, 0.4) is 0 Å². The van der Waals surface area contributed by atoms with E-state index in [9.17, 15) is 12.8 Å². The van der Waals surface area contributed by atoms with Crippen molar-refractivity contribution in [3.8, 4) is 0 Å². The molecule has 3 N–H and O–H groups in total. The molecule has 0 amide bonds. The molecule has 21 heavy (non-hydrogen) atoms. The van der Waals surface area contributed by atoms with E-state index in [1.54, 1.807) is 18.5 Å². The van der Waals surface area contributed by atoms with Crippen LogP contribution in [0.2, 0.25) is 0 Å². The summed E-state index contributed by atoms with van der Waals surface area (Å²) in [6, 6.07) is 5.32. The van der Waals surface area contributed by atoms with Crippen LogP contribution in [0.4, 0.5) is 4.39 Å². The van der Waals surface area contributed by atoms with Gasteiger partial charge in [0.2, 0.25) is 10.0 Å². The van der Waals surface area contributed by atoms with Gasteiger partial charge in [0.1, 0.15) is 5.82 Å². The van der Waals surface area contributed by atoms with Gasteiger partial charge < -0.3 is 5.73 Å². The number of nitrogens with two attached hydrogens (primary N) is 1. The molecule has 2 rings (SSSR count). The van der Waals surface area contributed by atoms with Crippen molar-refractivity contribution < 1.29 is 12.8 Å². The lowest BCUT2D eigenvalue weighted by atomic mass is 10.2. The lowest BCUT2D eigenvalue weighted by molar-refractivity contribution is 0.579. The van der Waals surface area contributed by atoms with Crippen LogP contribution in [0.5, 0.6) is 0 Å².